The van der Waals surface area contributed by atoms with Gasteiger partial charge in [0.2, 0.25) is 0 Å². The van der Waals surface area contributed by atoms with E-state index in [1.165, 1.54) is 135 Å². The van der Waals surface area contributed by atoms with Crippen molar-refractivity contribution in [2.75, 3.05) is 19.6 Å². The molecular formula is C25H55N. The summed E-state index contributed by atoms with van der Waals surface area (Å²) in [5, 5.41) is 0. The van der Waals surface area contributed by atoms with Crippen LogP contribution in [0.5, 0.6) is 0 Å². The second kappa shape index (κ2) is 25.0. The molecule has 26 heavy (non-hydrogen) atoms. The summed E-state index contributed by atoms with van der Waals surface area (Å²) in [7, 11) is 0. The molecule has 0 aromatic carbocycles. The lowest BCUT2D eigenvalue weighted by atomic mass is 10.1. The fourth-order valence-electron chi connectivity index (χ4n) is 3.68. The van der Waals surface area contributed by atoms with Gasteiger partial charge >= 0.3 is 0 Å². The normalized spacial score (nSPS) is 11.1. The van der Waals surface area contributed by atoms with Crippen molar-refractivity contribution in [3.8, 4) is 0 Å². The van der Waals surface area contributed by atoms with Gasteiger partial charge in [0.1, 0.15) is 0 Å². The zero-order chi connectivity index (χ0) is 18.4. The summed E-state index contributed by atoms with van der Waals surface area (Å²) in [4.78, 5) is 2.79. The summed E-state index contributed by atoms with van der Waals surface area (Å²) in [5.74, 6) is 0. The Balaban J connectivity index is 0. The fraction of sp³-hybridized carbons (Fsp3) is 1.00. The number of rotatable bonds is 21. The molecular weight excluding hydrogens is 314 g/mol. The Hall–Kier alpha value is -0.0400. The third kappa shape index (κ3) is 22.0. The number of nitrogens with zero attached hydrogens (tertiary/aromatic N) is 1. The van der Waals surface area contributed by atoms with Crippen LogP contribution in [0.25, 0.3) is 0 Å². The quantitative estimate of drug-likeness (QED) is 0.182. The third-order valence-corrected chi connectivity index (χ3v) is 5.48. The minimum atomic E-state index is 0. The Morgan fingerprint density at radius 2 is 0.577 bits per heavy atom. The van der Waals surface area contributed by atoms with Crippen LogP contribution >= 0.6 is 0 Å². The molecule has 0 aliphatic rings. The van der Waals surface area contributed by atoms with Gasteiger partial charge in [-0.05, 0) is 38.9 Å². The molecule has 0 unspecified atom stereocenters. The van der Waals surface area contributed by atoms with Gasteiger partial charge in [-0.25, -0.2) is 0 Å². The lowest BCUT2D eigenvalue weighted by Gasteiger charge is -2.22. The summed E-state index contributed by atoms with van der Waals surface area (Å²) >= 11 is 0. The van der Waals surface area contributed by atoms with E-state index in [1.807, 2.05) is 0 Å². The van der Waals surface area contributed by atoms with Crippen molar-refractivity contribution >= 4 is 0 Å². The van der Waals surface area contributed by atoms with E-state index < -0.39 is 0 Å². The van der Waals surface area contributed by atoms with Crippen molar-refractivity contribution in [2.24, 2.45) is 0 Å². The molecule has 0 aliphatic heterocycles. The molecule has 0 N–H and O–H groups in total. The lowest BCUT2D eigenvalue weighted by Crippen LogP contribution is -2.27. The molecule has 0 atom stereocenters. The Bertz CT molecular complexity index is 188. The van der Waals surface area contributed by atoms with Crippen LogP contribution < -0.4 is 0 Å². The van der Waals surface area contributed by atoms with Crippen molar-refractivity contribution in [1.29, 1.82) is 0 Å². The van der Waals surface area contributed by atoms with Crippen LogP contribution in [0.1, 0.15) is 144 Å². The molecule has 0 radical (unpaired) electrons. The highest BCUT2D eigenvalue weighted by molar-refractivity contribution is 4.60. The number of hydrogen-bond acceptors (Lipinski definition) is 1. The maximum atomic E-state index is 2.79. The zero-order valence-corrected chi connectivity index (χ0v) is 18.3. The van der Waals surface area contributed by atoms with E-state index in [0.29, 0.717) is 0 Å². The van der Waals surface area contributed by atoms with E-state index in [-0.39, 0.29) is 7.43 Å². The van der Waals surface area contributed by atoms with Gasteiger partial charge < -0.3 is 4.90 Å². The van der Waals surface area contributed by atoms with Crippen molar-refractivity contribution in [2.45, 2.75) is 144 Å². The molecule has 0 rings (SSSR count). The Kier molecular flexibility index (Phi) is 27.0. The van der Waals surface area contributed by atoms with Crippen LogP contribution in [-0.2, 0) is 0 Å². The van der Waals surface area contributed by atoms with Crippen molar-refractivity contribution in [3.63, 3.8) is 0 Å². The molecule has 0 heterocycles. The van der Waals surface area contributed by atoms with Crippen LogP contribution in [0, 0.1) is 0 Å². The standard InChI is InChI=1S/C24H51N.CH4/c1-4-7-10-13-16-19-22-25(23-20-17-14-11-8-5-2)24-21-18-15-12-9-6-3;/h4-24H2,1-3H3;1H4. The number of hydrogen-bond donors (Lipinski definition) is 0. The van der Waals surface area contributed by atoms with E-state index in [1.54, 1.807) is 0 Å². The zero-order valence-electron chi connectivity index (χ0n) is 18.3. The van der Waals surface area contributed by atoms with E-state index in [2.05, 4.69) is 25.7 Å². The summed E-state index contributed by atoms with van der Waals surface area (Å²) in [6, 6.07) is 0. The minimum Gasteiger partial charge on any atom is -0.303 e. The molecule has 1 nitrogen and oxygen atoms in total. The lowest BCUT2D eigenvalue weighted by molar-refractivity contribution is 0.254. The molecule has 0 fully saturated rings. The van der Waals surface area contributed by atoms with Gasteiger partial charge in [0.15, 0.2) is 0 Å². The predicted molar refractivity (Wildman–Crippen MR) is 123 cm³/mol. The summed E-state index contributed by atoms with van der Waals surface area (Å²) in [6.07, 6.45) is 25.7. The first-order valence-electron chi connectivity index (χ1n) is 12.1. The van der Waals surface area contributed by atoms with E-state index in [9.17, 15) is 0 Å². The summed E-state index contributed by atoms with van der Waals surface area (Å²) in [5.41, 5.74) is 0. The number of unbranched alkanes of at least 4 members (excludes halogenated alkanes) is 15. The molecule has 0 aliphatic carbocycles. The highest BCUT2D eigenvalue weighted by Gasteiger charge is 2.05. The van der Waals surface area contributed by atoms with Crippen LogP contribution in [0.2, 0.25) is 0 Å². The molecule has 0 aromatic rings. The second-order valence-corrected chi connectivity index (χ2v) is 8.14. The Labute approximate surface area is 168 Å². The van der Waals surface area contributed by atoms with Crippen LogP contribution in [-0.4, -0.2) is 24.5 Å². The fourth-order valence-corrected chi connectivity index (χ4v) is 3.68. The van der Waals surface area contributed by atoms with Gasteiger partial charge in [0.25, 0.3) is 0 Å². The molecule has 0 bridgehead atoms. The van der Waals surface area contributed by atoms with Gasteiger partial charge in [-0.3, -0.25) is 0 Å². The first-order chi connectivity index (χ1) is 12.3. The second-order valence-electron chi connectivity index (χ2n) is 8.14. The highest BCUT2D eigenvalue weighted by atomic mass is 15.1. The summed E-state index contributed by atoms with van der Waals surface area (Å²) in [6.45, 7) is 11.0. The van der Waals surface area contributed by atoms with Gasteiger partial charge in [0.05, 0.1) is 0 Å². The maximum Gasteiger partial charge on any atom is -0.00187 e. The first kappa shape index (κ1) is 28.2. The van der Waals surface area contributed by atoms with Gasteiger partial charge in [0, 0.05) is 0 Å². The first-order valence-corrected chi connectivity index (χ1v) is 12.1. The van der Waals surface area contributed by atoms with Crippen LogP contribution in [0.15, 0.2) is 0 Å². The Morgan fingerprint density at radius 1 is 0.346 bits per heavy atom. The monoisotopic (exact) mass is 369 g/mol. The van der Waals surface area contributed by atoms with Crippen LogP contribution in [0.3, 0.4) is 0 Å². The van der Waals surface area contributed by atoms with E-state index in [4.69, 9.17) is 0 Å². The van der Waals surface area contributed by atoms with Crippen molar-refractivity contribution in [1.82, 2.24) is 4.90 Å². The molecule has 0 spiro atoms. The van der Waals surface area contributed by atoms with E-state index in [0.717, 1.165) is 0 Å². The molecule has 0 saturated heterocycles. The Morgan fingerprint density at radius 3 is 0.846 bits per heavy atom. The smallest absolute Gasteiger partial charge is 0.00187 e. The third-order valence-electron chi connectivity index (χ3n) is 5.48. The van der Waals surface area contributed by atoms with E-state index >= 15 is 0 Å². The van der Waals surface area contributed by atoms with Gasteiger partial charge in [-0.2, -0.15) is 0 Å². The van der Waals surface area contributed by atoms with Crippen molar-refractivity contribution < 1.29 is 0 Å². The molecule has 160 valence electrons. The predicted octanol–water partition coefficient (Wildman–Crippen LogP) is 9.01. The molecule has 0 saturated carbocycles. The van der Waals surface area contributed by atoms with Crippen molar-refractivity contribution in [3.05, 3.63) is 0 Å². The largest absolute Gasteiger partial charge is 0.303 e. The van der Waals surface area contributed by atoms with Crippen LogP contribution in [0.4, 0.5) is 0 Å². The highest BCUT2D eigenvalue weighted by Crippen LogP contribution is 2.11. The average molecular weight is 370 g/mol. The van der Waals surface area contributed by atoms with Gasteiger partial charge in [-0.15, -0.1) is 0 Å². The average Bonchev–Trinajstić information content (AvgIpc) is 2.63. The van der Waals surface area contributed by atoms with Gasteiger partial charge in [-0.1, -0.05) is 125 Å². The topological polar surface area (TPSA) is 3.24 Å². The molecule has 1 heteroatoms. The minimum absolute atomic E-state index is 0. The molecule has 0 amide bonds. The maximum absolute atomic E-state index is 2.79. The summed E-state index contributed by atoms with van der Waals surface area (Å²) < 4.78 is 0. The molecule has 0 aromatic heterocycles. The SMILES string of the molecule is C.CCCCCCCCN(CCCCCCCC)CCCCCCCC.